The van der Waals surface area contributed by atoms with Crippen LogP contribution in [0.25, 0.3) is 10.9 Å². The first-order valence-electron chi connectivity index (χ1n) is 11.9. The molecule has 2 unspecified atom stereocenters. The predicted molar refractivity (Wildman–Crippen MR) is 141 cm³/mol. The number of benzene rings is 3. The highest BCUT2D eigenvalue weighted by atomic mass is 35.5. The molecule has 5 rings (SSSR count). The van der Waals surface area contributed by atoms with Gasteiger partial charge < -0.3 is 10.3 Å². The van der Waals surface area contributed by atoms with E-state index in [0.29, 0.717) is 10.6 Å². The summed E-state index contributed by atoms with van der Waals surface area (Å²) in [4.78, 5) is 16.9. The summed E-state index contributed by atoms with van der Waals surface area (Å²) in [5.41, 5.74) is 6.85. The lowest BCUT2D eigenvalue weighted by atomic mass is 9.86. The van der Waals surface area contributed by atoms with Crippen LogP contribution in [0.4, 0.5) is 0 Å². The molecule has 0 spiro atoms. The topological polar surface area (TPSA) is 44.9 Å². The largest absolute Gasteiger partial charge is 0.358 e. The van der Waals surface area contributed by atoms with Crippen LogP contribution in [-0.4, -0.2) is 16.9 Å². The van der Waals surface area contributed by atoms with E-state index in [4.69, 9.17) is 23.2 Å². The molecule has 174 valence electrons. The molecule has 0 radical (unpaired) electrons. The summed E-state index contributed by atoms with van der Waals surface area (Å²) < 4.78 is 0. The number of rotatable bonds is 6. The van der Waals surface area contributed by atoms with Crippen molar-refractivity contribution in [1.82, 2.24) is 10.3 Å². The van der Waals surface area contributed by atoms with Crippen LogP contribution in [0.15, 0.2) is 66.7 Å². The number of carbonyl (C=O) groups is 1. The van der Waals surface area contributed by atoms with E-state index in [2.05, 4.69) is 23.3 Å². The summed E-state index contributed by atoms with van der Waals surface area (Å²) >= 11 is 12.2. The monoisotopic (exact) mass is 490 g/mol. The lowest BCUT2D eigenvalue weighted by molar-refractivity contribution is 0.0934. The first-order chi connectivity index (χ1) is 16.5. The third kappa shape index (κ3) is 4.87. The van der Waals surface area contributed by atoms with Crippen molar-refractivity contribution in [3.63, 3.8) is 0 Å². The van der Waals surface area contributed by atoms with Crippen molar-refractivity contribution in [3.8, 4) is 0 Å². The fraction of sp³-hybridized carbons (Fsp3) is 0.276. The Hall–Kier alpha value is -2.75. The SMILES string of the molecule is CC(NC(=O)c1ccc2[nH]c3c(c2c1)CCCC3)C(Cc1ccc(Cl)cc1)c1ccc(Cl)cc1. The molecular weight excluding hydrogens is 463 g/mol. The van der Waals surface area contributed by atoms with E-state index in [1.807, 2.05) is 60.7 Å². The fourth-order valence-corrected chi connectivity index (χ4v) is 5.36. The Balaban J connectivity index is 1.39. The zero-order valence-electron chi connectivity index (χ0n) is 19.2. The number of aryl methyl sites for hydroxylation is 2. The second-order valence-electron chi connectivity index (χ2n) is 9.30. The minimum atomic E-state index is -0.0832. The maximum Gasteiger partial charge on any atom is 0.251 e. The van der Waals surface area contributed by atoms with Gasteiger partial charge in [-0.15, -0.1) is 0 Å². The summed E-state index contributed by atoms with van der Waals surface area (Å²) in [6.45, 7) is 2.07. The third-order valence-corrected chi connectivity index (χ3v) is 7.49. The molecule has 0 aliphatic heterocycles. The van der Waals surface area contributed by atoms with Gasteiger partial charge in [0, 0.05) is 44.2 Å². The number of carbonyl (C=O) groups excluding carboxylic acids is 1. The van der Waals surface area contributed by atoms with E-state index >= 15 is 0 Å². The standard InChI is InChI=1S/C29H28Cl2N2O/c1-18(25(20-8-13-23(31)14-9-20)16-19-6-11-22(30)12-7-19)32-29(34)21-10-15-28-26(17-21)24-4-2-3-5-27(24)33-28/h6-15,17-18,25,33H,2-5,16H2,1H3,(H,32,34). The number of fused-ring (bicyclic) bond motifs is 3. The van der Waals surface area contributed by atoms with Crippen molar-refractivity contribution < 1.29 is 4.79 Å². The van der Waals surface area contributed by atoms with Crippen LogP contribution in [0.1, 0.15) is 58.4 Å². The van der Waals surface area contributed by atoms with Gasteiger partial charge in [0.2, 0.25) is 0 Å². The van der Waals surface area contributed by atoms with Crippen LogP contribution in [0.3, 0.4) is 0 Å². The molecular formula is C29H28Cl2N2O. The molecule has 0 saturated heterocycles. The molecule has 5 heteroatoms. The molecule has 2 atom stereocenters. The van der Waals surface area contributed by atoms with E-state index in [-0.39, 0.29) is 17.9 Å². The molecule has 3 aromatic carbocycles. The van der Waals surface area contributed by atoms with Crippen molar-refractivity contribution in [2.75, 3.05) is 0 Å². The number of nitrogens with one attached hydrogen (secondary N) is 2. The van der Waals surface area contributed by atoms with Crippen LogP contribution in [0.2, 0.25) is 10.0 Å². The lowest BCUT2D eigenvalue weighted by Gasteiger charge is -2.26. The average molecular weight is 491 g/mol. The van der Waals surface area contributed by atoms with Gasteiger partial charge in [0.25, 0.3) is 5.91 Å². The normalized spacial score (nSPS) is 15.0. The number of amides is 1. The highest BCUT2D eigenvalue weighted by molar-refractivity contribution is 6.30. The zero-order valence-corrected chi connectivity index (χ0v) is 20.7. The molecule has 3 nitrogen and oxygen atoms in total. The lowest BCUT2D eigenvalue weighted by Crippen LogP contribution is -2.37. The van der Waals surface area contributed by atoms with Crippen molar-refractivity contribution >= 4 is 40.0 Å². The van der Waals surface area contributed by atoms with Gasteiger partial charge in [-0.25, -0.2) is 0 Å². The quantitative estimate of drug-likeness (QED) is 0.288. The first kappa shape index (κ1) is 23.0. The van der Waals surface area contributed by atoms with Crippen molar-refractivity contribution in [2.45, 2.75) is 51.0 Å². The smallest absolute Gasteiger partial charge is 0.251 e. The highest BCUT2D eigenvalue weighted by Crippen LogP contribution is 2.30. The maximum atomic E-state index is 13.3. The molecule has 0 saturated carbocycles. The van der Waals surface area contributed by atoms with Gasteiger partial charge in [-0.2, -0.15) is 0 Å². The molecule has 1 amide bonds. The minimum absolute atomic E-state index is 0.0461. The van der Waals surface area contributed by atoms with Crippen LogP contribution >= 0.6 is 23.2 Å². The molecule has 34 heavy (non-hydrogen) atoms. The predicted octanol–water partition coefficient (Wildman–Crippen LogP) is 7.50. The van der Waals surface area contributed by atoms with Gasteiger partial charge >= 0.3 is 0 Å². The second kappa shape index (κ2) is 9.85. The van der Waals surface area contributed by atoms with E-state index in [0.717, 1.165) is 35.4 Å². The number of hydrogen-bond acceptors (Lipinski definition) is 1. The summed E-state index contributed by atoms with van der Waals surface area (Å²) in [6, 6.07) is 21.7. The fourth-order valence-electron chi connectivity index (χ4n) is 5.11. The van der Waals surface area contributed by atoms with Gasteiger partial charge in [-0.3, -0.25) is 4.79 Å². The molecule has 1 aliphatic rings. The summed E-state index contributed by atoms with van der Waals surface area (Å²) in [6.07, 6.45) is 5.39. The van der Waals surface area contributed by atoms with Crippen LogP contribution in [-0.2, 0) is 19.3 Å². The second-order valence-corrected chi connectivity index (χ2v) is 10.2. The number of aromatic amines is 1. The zero-order chi connectivity index (χ0) is 23.7. The minimum Gasteiger partial charge on any atom is -0.358 e. The Morgan fingerprint density at radius 2 is 1.62 bits per heavy atom. The molecule has 4 aromatic rings. The molecule has 1 aliphatic carbocycles. The van der Waals surface area contributed by atoms with Crippen molar-refractivity contribution in [1.29, 1.82) is 0 Å². The van der Waals surface area contributed by atoms with Crippen LogP contribution < -0.4 is 5.32 Å². The molecule has 0 bridgehead atoms. The van der Waals surface area contributed by atoms with Gasteiger partial charge in [-0.05, 0) is 98.2 Å². The van der Waals surface area contributed by atoms with Crippen LogP contribution in [0.5, 0.6) is 0 Å². The van der Waals surface area contributed by atoms with E-state index in [1.165, 1.54) is 35.0 Å². The maximum absolute atomic E-state index is 13.3. The molecule has 1 aromatic heterocycles. The van der Waals surface area contributed by atoms with Gasteiger partial charge in [0.15, 0.2) is 0 Å². The van der Waals surface area contributed by atoms with Crippen LogP contribution in [0, 0.1) is 0 Å². The highest BCUT2D eigenvalue weighted by Gasteiger charge is 2.23. The van der Waals surface area contributed by atoms with E-state index < -0.39 is 0 Å². The van der Waals surface area contributed by atoms with Crippen molar-refractivity contribution in [3.05, 3.63) is 105 Å². The Labute approximate surface area is 210 Å². The van der Waals surface area contributed by atoms with E-state index in [9.17, 15) is 4.79 Å². The van der Waals surface area contributed by atoms with Gasteiger partial charge in [-0.1, -0.05) is 47.5 Å². The Kier molecular flexibility index (Phi) is 6.67. The third-order valence-electron chi connectivity index (χ3n) is 6.99. The Bertz CT molecular complexity index is 1310. The summed E-state index contributed by atoms with van der Waals surface area (Å²) in [5, 5.41) is 5.88. The Morgan fingerprint density at radius 1 is 0.941 bits per heavy atom. The molecule has 2 N–H and O–H groups in total. The number of hydrogen-bond donors (Lipinski definition) is 2. The summed E-state index contributed by atoms with van der Waals surface area (Å²) in [5.74, 6) is 0.0429. The number of aromatic nitrogens is 1. The molecule has 0 fully saturated rings. The van der Waals surface area contributed by atoms with Gasteiger partial charge in [0.05, 0.1) is 0 Å². The van der Waals surface area contributed by atoms with E-state index in [1.54, 1.807) is 0 Å². The van der Waals surface area contributed by atoms with Crippen molar-refractivity contribution in [2.24, 2.45) is 0 Å². The number of H-pyrrole nitrogens is 1. The summed E-state index contributed by atoms with van der Waals surface area (Å²) in [7, 11) is 0. The Morgan fingerprint density at radius 3 is 2.35 bits per heavy atom. The average Bonchev–Trinajstić information content (AvgIpc) is 3.22. The van der Waals surface area contributed by atoms with Gasteiger partial charge in [0.1, 0.15) is 0 Å². The number of halogens is 2. The molecule has 1 heterocycles. The first-order valence-corrected chi connectivity index (χ1v) is 12.7.